The fraction of sp³-hybridized carbons (Fsp3) is 0.700. The predicted octanol–water partition coefficient (Wildman–Crippen LogP) is 0.772. The standard InChI is InChI=1S/C10H16N2O4S/c1-10(2,3)7(13)5-9-11-8(12-16-9)6-17(4,14)15/h5-6H2,1-4H3. The third kappa shape index (κ3) is 4.64. The molecule has 0 bridgehead atoms. The van der Waals surface area contributed by atoms with Crippen LogP contribution in [0.2, 0.25) is 0 Å². The normalized spacial score (nSPS) is 12.7. The summed E-state index contributed by atoms with van der Waals surface area (Å²) >= 11 is 0. The summed E-state index contributed by atoms with van der Waals surface area (Å²) < 4.78 is 26.8. The number of aromatic nitrogens is 2. The Morgan fingerprint density at radius 3 is 2.41 bits per heavy atom. The van der Waals surface area contributed by atoms with E-state index < -0.39 is 15.3 Å². The zero-order valence-electron chi connectivity index (χ0n) is 10.3. The molecule has 0 N–H and O–H groups in total. The zero-order valence-corrected chi connectivity index (χ0v) is 11.2. The van der Waals surface area contributed by atoms with E-state index in [2.05, 4.69) is 10.1 Å². The Kier molecular flexibility index (Phi) is 3.71. The molecule has 0 unspecified atom stereocenters. The molecule has 1 rings (SSSR count). The number of hydrogen-bond donors (Lipinski definition) is 0. The number of carbonyl (C=O) groups is 1. The number of ketones is 1. The Hall–Kier alpha value is -1.24. The Labute approximate surface area is 100 Å². The zero-order chi connectivity index (χ0) is 13.3. The van der Waals surface area contributed by atoms with E-state index in [-0.39, 0.29) is 29.7 Å². The van der Waals surface area contributed by atoms with Crippen LogP contribution < -0.4 is 0 Å². The van der Waals surface area contributed by atoms with Gasteiger partial charge in [0.1, 0.15) is 11.5 Å². The molecule has 17 heavy (non-hydrogen) atoms. The second kappa shape index (κ2) is 4.56. The summed E-state index contributed by atoms with van der Waals surface area (Å²) in [6.45, 7) is 5.38. The van der Waals surface area contributed by atoms with Crippen LogP contribution in [-0.2, 0) is 26.8 Å². The maximum Gasteiger partial charge on any atom is 0.234 e. The van der Waals surface area contributed by atoms with Gasteiger partial charge in [0.15, 0.2) is 15.7 Å². The van der Waals surface area contributed by atoms with Crippen molar-refractivity contribution >= 4 is 15.6 Å². The van der Waals surface area contributed by atoms with Crippen LogP contribution in [0.15, 0.2) is 4.52 Å². The fourth-order valence-electron chi connectivity index (χ4n) is 1.06. The Morgan fingerprint density at radius 1 is 1.35 bits per heavy atom. The van der Waals surface area contributed by atoms with Gasteiger partial charge in [0, 0.05) is 11.7 Å². The highest BCUT2D eigenvalue weighted by atomic mass is 32.2. The van der Waals surface area contributed by atoms with Crippen molar-refractivity contribution < 1.29 is 17.7 Å². The lowest BCUT2D eigenvalue weighted by atomic mass is 9.89. The fourth-order valence-corrected chi connectivity index (χ4v) is 1.64. The van der Waals surface area contributed by atoms with E-state index in [1.54, 1.807) is 20.8 Å². The summed E-state index contributed by atoms with van der Waals surface area (Å²) in [5, 5.41) is 3.52. The van der Waals surface area contributed by atoms with Gasteiger partial charge in [-0.25, -0.2) is 8.42 Å². The van der Waals surface area contributed by atoms with Crippen molar-refractivity contribution in [1.29, 1.82) is 0 Å². The summed E-state index contributed by atoms with van der Waals surface area (Å²) in [4.78, 5) is 15.6. The molecule has 96 valence electrons. The number of sulfone groups is 1. The van der Waals surface area contributed by atoms with Crippen molar-refractivity contribution in [3.8, 4) is 0 Å². The van der Waals surface area contributed by atoms with Crippen molar-refractivity contribution in [2.75, 3.05) is 6.26 Å². The summed E-state index contributed by atoms with van der Waals surface area (Å²) in [5.74, 6) is -0.0694. The minimum Gasteiger partial charge on any atom is -0.339 e. The third-order valence-electron chi connectivity index (χ3n) is 2.05. The number of nitrogens with zero attached hydrogens (tertiary/aromatic N) is 2. The molecule has 7 heteroatoms. The van der Waals surface area contributed by atoms with Crippen LogP contribution in [0.1, 0.15) is 32.5 Å². The van der Waals surface area contributed by atoms with Crippen molar-refractivity contribution in [1.82, 2.24) is 10.1 Å². The number of hydrogen-bond acceptors (Lipinski definition) is 6. The van der Waals surface area contributed by atoms with E-state index in [9.17, 15) is 13.2 Å². The highest BCUT2D eigenvalue weighted by molar-refractivity contribution is 7.89. The highest BCUT2D eigenvalue weighted by Crippen LogP contribution is 2.17. The van der Waals surface area contributed by atoms with Gasteiger partial charge in [-0.05, 0) is 0 Å². The molecule has 0 aliphatic rings. The Balaban J connectivity index is 2.73. The van der Waals surface area contributed by atoms with E-state index in [1.165, 1.54) is 0 Å². The first-order valence-electron chi connectivity index (χ1n) is 5.10. The maximum atomic E-state index is 11.7. The Morgan fingerprint density at radius 2 is 1.94 bits per heavy atom. The van der Waals surface area contributed by atoms with Crippen molar-refractivity contribution in [3.63, 3.8) is 0 Å². The summed E-state index contributed by atoms with van der Waals surface area (Å²) in [5.41, 5.74) is -0.481. The molecule has 1 heterocycles. The number of rotatable bonds is 4. The second-order valence-corrected chi connectivity index (χ2v) is 7.16. The minimum atomic E-state index is -3.19. The lowest BCUT2D eigenvalue weighted by Crippen LogP contribution is -2.22. The van der Waals surface area contributed by atoms with Gasteiger partial charge < -0.3 is 4.52 Å². The summed E-state index contributed by atoms with van der Waals surface area (Å²) in [7, 11) is -3.19. The average Bonchev–Trinajstić information content (AvgIpc) is 2.47. The van der Waals surface area contributed by atoms with Gasteiger partial charge in [0.2, 0.25) is 5.89 Å². The molecule has 0 saturated heterocycles. The van der Waals surface area contributed by atoms with Crippen LogP contribution >= 0.6 is 0 Å². The second-order valence-electron chi connectivity index (χ2n) is 5.02. The van der Waals surface area contributed by atoms with Crippen LogP contribution in [0.3, 0.4) is 0 Å². The first-order chi connectivity index (χ1) is 7.58. The summed E-state index contributed by atoms with van der Waals surface area (Å²) in [6, 6.07) is 0. The van der Waals surface area contributed by atoms with Crippen LogP contribution in [0.4, 0.5) is 0 Å². The van der Waals surface area contributed by atoms with Gasteiger partial charge in [-0.2, -0.15) is 4.98 Å². The molecular weight excluding hydrogens is 244 g/mol. The van der Waals surface area contributed by atoms with E-state index in [0.29, 0.717) is 0 Å². The van der Waals surface area contributed by atoms with Crippen molar-refractivity contribution in [2.45, 2.75) is 32.9 Å². The van der Waals surface area contributed by atoms with Crippen molar-refractivity contribution in [2.24, 2.45) is 5.41 Å². The quantitative estimate of drug-likeness (QED) is 0.794. The van der Waals surface area contributed by atoms with Gasteiger partial charge in [-0.3, -0.25) is 4.79 Å². The molecule has 0 fully saturated rings. The first kappa shape index (κ1) is 13.8. The molecule has 0 aliphatic carbocycles. The molecule has 6 nitrogen and oxygen atoms in total. The third-order valence-corrected chi connectivity index (χ3v) is 2.83. The van der Waals surface area contributed by atoms with Crippen LogP contribution in [0, 0.1) is 5.41 Å². The van der Waals surface area contributed by atoms with E-state index in [1.807, 2.05) is 0 Å². The van der Waals surface area contributed by atoms with Crippen LogP contribution in [0.5, 0.6) is 0 Å². The highest BCUT2D eigenvalue weighted by Gasteiger charge is 2.24. The van der Waals surface area contributed by atoms with E-state index in [4.69, 9.17) is 4.52 Å². The molecule has 0 radical (unpaired) electrons. The van der Waals surface area contributed by atoms with Gasteiger partial charge in [0.05, 0.1) is 6.42 Å². The van der Waals surface area contributed by atoms with E-state index >= 15 is 0 Å². The molecule has 1 aromatic rings. The van der Waals surface area contributed by atoms with Crippen LogP contribution in [0.25, 0.3) is 0 Å². The largest absolute Gasteiger partial charge is 0.339 e. The minimum absolute atomic E-state index is 0.0280. The maximum absolute atomic E-state index is 11.7. The first-order valence-corrected chi connectivity index (χ1v) is 7.16. The molecule has 0 aliphatic heterocycles. The number of Topliss-reactive ketones (excluding diaryl/α,β-unsaturated/α-hetero) is 1. The van der Waals surface area contributed by atoms with Gasteiger partial charge in [-0.15, -0.1) is 0 Å². The Bertz CT molecular complexity index is 511. The molecule has 1 aromatic heterocycles. The SMILES string of the molecule is CC(C)(C)C(=O)Cc1nc(CS(C)(=O)=O)no1. The average molecular weight is 260 g/mol. The molecule has 0 spiro atoms. The monoisotopic (exact) mass is 260 g/mol. The van der Waals surface area contributed by atoms with E-state index in [0.717, 1.165) is 6.26 Å². The molecule has 0 amide bonds. The predicted molar refractivity (Wildman–Crippen MR) is 61.0 cm³/mol. The van der Waals surface area contributed by atoms with Crippen molar-refractivity contribution in [3.05, 3.63) is 11.7 Å². The van der Waals surface area contributed by atoms with Gasteiger partial charge >= 0.3 is 0 Å². The van der Waals surface area contributed by atoms with Crippen LogP contribution in [-0.4, -0.2) is 30.6 Å². The van der Waals surface area contributed by atoms with Gasteiger partial charge in [-0.1, -0.05) is 25.9 Å². The van der Waals surface area contributed by atoms with Gasteiger partial charge in [0.25, 0.3) is 0 Å². The summed E-state index contributed by atoms with van der Waals surface area (Å²) in [6.07, 6.45) is 1.11. The lowest BCUT2D eigenvalue weighted by molar-refractivity contribution is -0.125. The molecule has 0 atom stereocenters. The number of carbonyl (C=O) groups excluding carboxylic acids is 1. The molecule has 0 saturated carbocycles. The smallest absolute Gasteiger partial charge is 0.234 e. The molecule has 0 aromatic carbocycles. The molecular formula is C10H16N2O4S. The lowest BCUT2D eigenvalue weighted by Gasteiger charge is -2.14. The topological polar surface area (TPSA) is 90.1 Å².